The van der Waals surface area contributed by atoms with Crippen molar-refractivity contribution in [2.75, 3.05) is 0 Å². The second-order valence-corrected chi connectivity index (χ2v) is 2.13. The first-order valence-corrected chi connectivity index (χ1v) is 3.03. The smallest absolute Gasteiger partial charge is 0.219 e. The van der Waals surface area contributed by atoms with Gasteiger partial charge in [0.25, 0.3) is 0 Å². The highest BCUT2D eigenvalue weighted by Crippen LogP contribution is 2.15. The molecular formula is C6H5ClFNO. The summed E-state index contributed by atoms with van der Waals surface area (Å²) in [6, 6.07) is 1.43. The first-order chi connectivity index (χ1) is 4.75. The molecule has 2 nitrogen and oxygen atoms in total. The summed E-state index contributed by atoms with van der Waals surface area (Å²) < 4.78 is 12.5. The van der Waals surface area contributed by atoms with Crippen molar-refractivity contribution in [3.8, 4) is 0 Å². The Kier molecular flexibility index (Phi) is 2.19. The molecule has 0 aliphatic carbocycles. The predicted molar refractivity (Wildman–Crippen MR) is 35.1 cm³/mol. The molecule has 10 heavy (non-hydrogen) atoms. The Bertz CT molecular complexity index is 221. The van der Waals surface area contributed by atoms with Crippen LogP contribution in [0.2, 0.25) is 5.02 Å². The van der Waals surface area contributed by atoms with Crippen molar-refractivity contribution in [1.82, 2.24) is 4.98 Å². The Hall–Kier alpha value is -0.670. The fourth-order valence-electron chi connectivity index (χ4n) is 0.586. The van der Waals surface area contributed by atoms with E-state index in [2.05, 4.69) is 4.98 Å². The van der Waals surface area contributed by atoms with Crippen LogP contribution in [0.1, 0.15) is 5.56 Å². The normalized spacial score (nSPS) is 9.90. The number of aliphatic hydroxyl groups is 1. The number of halogens is 2. The minimum atomic E-state index is -0.713. The van der Waals surface area contributed by atoms with Crippen molar-refractivity contribution in [1.29, 1.82) is 0 Å². The number of hydrogen-bond donors (Lipinski definition) is 1. The van der Waals surface area contributed by atoms with Gasteiger partial charge in [-0.2, -0.15) is 4.39 Å². The largest absolute Gasteiger partial charge is 0.391 e. The minimum Gasteiger partial charge on any atom is -0.391 e. The van der Waals surface area contributed by atoms with Crippen molar-refractivity contribution in [2.45, 2.75) is 6.61 Å². The van der Waals surface area contributed by atoms with Gasteiger partial charge in [-0.1, -0.05) is 11.6 Å². The van der Waals surface area contributed by atoms with Crippen LogP contribution >= 0.6 is 11.6 Å². The molecule has 1 aromatic heterocycles. The van der Waals surface area contributed by atoms with E-state index in [1.165, 1.54) is 12.3 Å². The summed E-state index contributed by atoms with van der Waals surface area (Å²) in [5.74, 6) is -0.713. The molecule has 0 aromatic carbocycles. The Morgan fingerprint density at radius 1 is 1.70 bits per heavy atom. The van der Waals surface area contributed by atoms with Gasteiger partial charge in [0, 0.05) is 6.20 Å². The van der Waals surface area contributed by atoms with Gasteiger partial charge < -0.3 is 5.11 Å². The van der Waals surface area contributed by atoms with Crippen LogP contribution in [0, 0.1) is 5.95 Å². The molecule has 1 aromatic rings. The van der Waals surface area contributed by atoms with Crippen LogP contribution in [-0.2, 0) is 6.61 Å². The number of hydrogen-bond acceptors (Lipinski definition) is 2. The zero-order valence-corrected chi connectivity index (χ0v) is 5.77. The molecule has 0 saturated heterocycles. The zero-order valence-electron chi connectivity index (χ0n) is 5.01. The molecule has 0 spiro atoms. The second-order valence-electron chi connectivity index (χ2n) is 1.72. The van der Waals surface area contributed by atoms with Gasteiger partial charge in [0.2, 0.25) is 5.95 Å². The zero-order chi connectivity index (χ0) is 7.56. The first-order valence-electron chi connectivity index (χ1n) is 2.65. The average molecular weight is 162 g/mol. The highest BCUT2D eigenvalue weighted by molar-refractivity contribution is 6.31. The van der Waals surface area contributed by atoms with E-state index < -0.39 is 12.6 Å². The van der Waals surface area contributed by atoms with Gasteiger partial charge in [-0.25, -0.2) is 4.98 Å². The highest BCUT2D eigenvalue weighted by Gasteiger charge is 2.04. The molecule has 0 bridgehead atoms. The predicted octanol–water partition coefficient (Wildman–Crippen LogP) is 1.37. The molecule has 0 saturated carbocycles. The third kappa shape index (κ3) is 1.25. The lowest BCUT2D eigenvalue weighted by molar-refractivity contribution is 0.274. The van der Waals surface area contributed by atoms with Gasteiger partial charge in [0.15, 0.2) is 0 Å². The first kappa shape index (κ1) is 7.44. The van der Waals surface area contributed by atoms with Crippen LogP contribution in [0.15, 0.2) is 12.3 Å². The van der Waals surface area contributed by atoms with Crippen molar-refractivity contribution < 1.29 is 9.50 Å². The van der Waals surface area contributed by atoms with E-state index in [0.717, 1.165) is 0 Å². The van der Waals surface area contributed by atoms with Gasteiger partial charge in [0.1, 0.15) is 0 Å². The maximum absolute atomic E-state index is 12.5. The van der Waals surface area contributed by atoms with E-state index in [1.807, 2.05) is 0 Å². The Morgan fingerprint density at radius 3 is 2.80 bits per heavy atom. The van der Waals surface area contributed by atoms with Gasteiger partial charge in [-0.3, -0.25) is 0 Å². The van der Waals surface area contributed by atoms with Crippen molar-refractivity contribution in [3.05, 3.63) is 28.8 Å². The monoisotopic (exact) mass is 161 g/mol. The van der Waals surface area contributed by atoms with Crippen LogP contribution in [0.4, 0.5) is 4.39 Å². The minimum absolute atomic E-state index is 0.0455. The molecule has 0 aliphatic rings. The summed E-state index contributed by atoms with van der Waals surface area (Å²) in [5.41, 5.74) is 0.0455. The molecule has 1 N–H and O–H groups in total. The lowest BCUT2D eigenvalue weighted by atomic mass is 10.3. The van der Waals surface area contributed by atoms with E-state index in [4.69, 9.17) is 16.7 Å². The summed E-state index contributed by atoms with van der Waals surface area (Å²) in [6.07, 6.45) is 1.25. The molecule has 0 atom stereocenters. The highest BCUT2D eigenvalue weighted by atomic mass is 35.5. The lowest BCUT2D eigenvalue weighted by Crippen LogP contribution is -1.93. The third-order valence-corrected chi connectivity index (χ3v) is 1.46. The number of pyridine rings is 1. The Balaban J connectivity index is 3.17. The second kappa shape index (κ2) is 2.94. The molecule has 0 unspecified atom stereocenters. The average Bonchev–Trinajstić information content (AvgIpc) is 1.88. The number of nitrogens with zero attached hydrogens (tertiary/aromatic N) is 1. The topological polar surface area (TPSA) is 33.1 Å². The van der Waals surface area contributed by atoms with E-state index in [0.29, 0.717) is 0 Å². The van der Waals surface area contributed by atoms with E-state index in [9.17, 15) is 4.39 Å². The Morgan fingerprint density at radius 2 is 2.40 bits per heavy atom. The molecule has 1 heterocycles. The summed E-state index contributed by atoms with van der Waals surface area (Å²) in [4.78, 5) is 3.30. The maximum atomic E-state index is 12.5. The molecule has 0 fully saturated rings. The number of aliphatic hydroxyl groups excluding tert-OH is 1. The van der Waals surface area contributed by atoms with Crippen molar-refractivity contribution >= 4 is 11.6 Å². The fraction of sp³-hybridized carbons (Fsp3) is 0.167. The van der Waals surface area contributed by atoms with Crippen LogP contribution < -0.4 is 0 Å². The summed E-state index contributed by atoms with van der Waals surface area (Å²) in [6.45, 7) is -0.418. The van der Waals surface area contributed by atoms with Crippen LogP contribution in [-0.4, -0.2) is 10.1 Å². The summed E-state index contributed by atoms with van der Waals surface area (Å²) in [7, 11) is 0. The third-order valence-electron chi connectivity index (χ3n) is 1.10. The van der Waals surface area contributed by atoms with E-state index in [-0.39, 0.29) is 10.6 Å². The number of rotatable bonds is 1. The molecule has 54 valence electrons. The summed E-state index contributed by atoms with van der Waals surface area (Å²) >= 11 is 5.49. The molecule has 0 aliphatic heterocycles. The van der Waals surface area contributed by atoms with Crippen LogP contribution in [0.3, 0.4) is 0 Å². The van der Waals surface area contributed by atoms with E-state index in [1.54, 1.807) is 0 Å². The van der Waals surface area contributed by atoms with Crippen LogP contribution in [0.5, 0.6) is 0 Å². The van der Waals surface area contributed by atoms with Gasteiger partial charge in [-0.15, -0.1) is 0 Å². The SMILES string of the molecule is OCc1c(Cl)ccnc1F. The quantitative estimate of drug-likeness (QED) is 0.631. The number of aromatic nitrogens is 1. The van der Waals surface area contributed by atoms with Gasteiger partial charge in [0.05, 0.1) is 17.2 Å². The van der Waals surface area contributed by atoms with Crippen molar-refractivity contribution in [2.24, 2.45) is 0 Å². The maximum Gasteiger partial charge on any atom is 0.219 e. The standard InChI is InChI=1S/C6H5ClFNO/c7-5-1-2-9-6(8)4(5)3-10/h1-2,10H,3H2. The van der Waals surface area contributed by atoms with Gasteiger partial charge >= 0.3 is 0 Å². The lowest BCUT2D eigenvalue weighted by Gasteiger charge is -1.98. The molecule has 0 radical (unpaired) electrons. The van der Waals surface area contributed by atoms with E-state index >= 15 is 0 Å². The van der Waals surface area contributed by atoms with Crippen LogP contribution in [0.25, 0.3) is 0 Å². The Labute approximate surface area is 62.3 Å². The van der Waals surface area contributed by atoms with Crippen molar-refractivity contribution in [3.63, 3.8) is 0 Å². The molecule has 4 heteroatoms. The molecular weight excluding hydrogens is 157 g/mol. The summed E-state index contributed by atoms with van der Waals surface area (Å²) in [5, 5.41) is 8.74. The molecule has 1 rings (SSSR count). The molecule has 0 amide bonds. The fourth-order valence-corrected chi connectivity index (χ4v) is 0.780. The van der Waals surface area contributed by atoms with Gasteiger partial charge in [-0.05, 0) is 6.07 Å².